The monoisotopic (exact) mass is 479 g/mol. The molecule has 2 aromatic carbocycles. The average molecular weight is 480 g/mol. The second-order valence-corrected chi connectivity index (χ2v) is 7.61. The van der Waals surface area contributed by atoms with Crippen molar-refractivity contribution < 1.29 is 28.5 Å². The van der Waals surface area contributed by atoms with E-state index in [-0.39, 0.29) is 12.1 Å². The van der Waals surface area contributed by atoms with Gasteiger partial charge < -0.3 is 28.6 Å². The Morgan fingerprint density at radius 1 is 1.00 bits per heavy atom. The summed E-state index contributed by atoms with van der Waals surface area (Å²) in [6.45, 7) is 0.546. The minimum Gasteiger partial charge on any atom is -0.493 e. The minimum atomic E-state index is -0.364. The first-order chi connectivity index (χ1) is 14.5. The van der Waals surface area contributed by atoms with Gasteiger partial charge in [-0.1, -0.05) is 6.07 Å². The van der Waals surface area contributed by atoms with Crippen LogP contribution in [0.15, 0.2) is 28.7 Å². The lowest BCUT2D eigenvalue weighted by atomic mass is 9.88. The highest BCUT2D eigenvalue weighted by Crippen LogP contribution is 2.43. The number of nitrogens with zero attached hydrogens (tertiary/aromatic N) is 1. The number of benzene rings is 2. The number of methoxy groups -OCH3 is 5. The Balaban J connectivity index is 2.09. The van der Waals surface area contributed by atoms with Crippen molar-refractivity contribution in [2.75, 3.05) is 42.1 Å². The van der Waals surface area contributed by atoms with Gasteiger partial charge in [0.1, 0.15) is 0 Å². The second-order valence-electron chi connectivity index (χ2n) is 6.81. The molecule has 0 spiro atoms. The number of rotatable bonds is 6. The number of amides is 1. The molecule has 0 fully saturated rings. The maximum Gasteiger partial charge on any atom is 0.410 e. The van der Waals surface area contributed by atoms with Crippen LogP contribution < -0.4 is 18.9 Å². The molecular weight excluding hydrogens is 454 g/mol. The number of halogens is 1. The first-order valence-electron chi connectivity index (χ1n) is 9.47. The zero-order chi connectivity index (χ0) is 21.8. The number of fused-ring (bicyclic) bond motifs is 1. The summed E-state index contributed by atoms with van der Waals surface area (Å²) in [6, 6.07) is 7.52. The van der Waals surface area contributed by atoms with Gasteiger partial charge >= 0.3 is 6.09 Å². The summed E-state index contributed by atoms with van der Waals surface area (Å²) in [5, 5.41) is 0. The Bertz CT molecular complexity index is 932. The van der Waals surface area contributed by atoms with Crippen LogP contribution in [0.4, 0.5) is 4.79 Å². The molecule has 0 saturated heterocycles. The molecule has 1 heterocycles. The predicted molar refractivity (Wildman–Crippen MR) is 116 cm³/mol. The molecule has 7 nitrogen and oxygen atoms in total. The summed E-state index contributed by atoms with van der Waals surface area (Å²) < 4.78 is 27.7. The highest BCUT2D eigenvalue weighted by Gasteiger charge is 2.33. The van der Waals surface area contributed by atoms with Crippen molar-refractivity contribution in [2.24, 2.45) is 0 Å². The number of hydrogen-bond donors (Lipinski definition) is 0. The number of carbonyl (C=O) groups is 1. The fourth-order valence-corrected chi connectivity index (χ4v) is 4.53. The predicted octanol–water partition coefficient (Wildman–Crippen LogP) is 4.39. The third kappa shape index (κ3) is 4.01. The second kappa shape index (κ2) is 9.47. The van der Waals surface area contributed by atoms with Crippen molar-refractivity contribution in [3.05, 3.63) is 45.4 Å². The van der Waals surface area contributed by atoms with Gasteiger partial charge in [0.2, 0.25) is 0 Å². The van der Waals surface area contributed by atoms with E-state index in [1.807, 2.05) is 24.3 Å². The highest BCUT2D eigenvalue weighted by atomic mass is 79.9. The molecule has 8 heteroatoms. The molecule has 3 rings (SSSR count). The molecule has 2 aromatic rings. The summed E-state index contributed by atoms with van der Waals surface area (Å²) >= 11 is 3.64. The maximum absolute atomic E-state index is 12.6. The van der Waals surface area contributed by atoms with Crippen LogP contribution in [-0.4, -0.2) is 53.1 Å². The Morgan fingerprint density at radius 3 is 2.27 bits per heavy atom. The third-order valence-corrected chi connectivity index (χ3v) is 6.26. The molecule has 0 bridgehead atoms. The molecule has 0 aromatic heterocycles. The average Bonchev–Trinajstić information content (AvgIpc) is 2.78. The van der Waals surface area contributed by atoms with E-state index in [1.165, 1.54) is 7.11 Å². The van der Waals surface area contributed by atoms with Crippen molar-refractivity contribution in [1.82, 2.24) is 4.90 Å². The molecule has 1 aliphatic heterocycles. The lowest BCUT2D eigenvalue weighted by molar-refractivity contribution is 0.100. The van der Waals surface area contributed by atoms with Crippen LogP contribution in [0.3, 0.4) is 0 Å². The van der Waals surface area contributed by atoms with Crippen LogP contribution in [-0.2, 0) is 17.6 Å². The van der Waals surface area contributed by atoms with Gasteiger partial charge in [-0.05, 0) is 63.7 Å². The molecule has 30 heavy (non-hydrogen) atoms. The van der Waals surface area contributed by atoms with Crippen molar-refractivity contribution in [3.63, 3.8) is 0 Å². The lowest BCUT2D eigenvalue weighted by Gasteiger charge is -2.37. The summed E-state index contributed by atoms with van der Waals surface area (Å²) in [5.74, 6) is 2.55. The summed E-state index contributed by atoms with van der Waals surface area (Å²) in [4.78, 5) is 14.3. The molecule has 1 amide bonds. The fourth-order valence-electron chi connectivity index (χ4n) is 3.88. The molecule has 0 aliphatic carbocycles. The topological polar surface area (TPSA) is 66.5 Å². The van der Waals surface area contributed by atoms with E-state index in [2.05, 4.69) is 15.9 Å². The molecule has 0 saturated carbocycles. The van der Waals surface area contributed by atoms with Crippen LogP contribution in [0.2, 0.25) is 0 Å². The van der Waals surface area contributed by atoms with Gasteiger partial charge in [0.05, 0.1) is 46.1 Å². The smallest absolute Gasteiger partial charge is 0.410 e. The first-order valence-corrected chi connectivity index (χ1v) is 10.3. The van der Waals surface area contributed by atoms with Crippen molar-refractivity contribution >= 4 is 22.0 Å². The van der Waals surface area contributed by atoms with E-state index >= 15 is 0 Å². The number of ether oxygens (including phenoxy) is 5. The van der Waals surface area contributed by atoms with Gasteiger partial charge in [-0.25, -0.2) is 4.79 Å². The first kappa shape index (κ1) is 22.1. The van der Waals surface area contributed by atoms with Crippen LogP contribution >= 0.6 is 15.9 Å². The molecular formula is C22H26BrNO6. The SMILES string of the molecule is COC(=O)N1CCc2cc(OC)c(OC)cc2C1Cc1ccc(OC)c(OC)c1Br. The van der Waals surface area contributed by atoms with Crippen LogP contribution in [0.1, 0.15) is 22.7 Å². The Kier molecular flexibility index (Phi) is 6.97. The van der Waals surface area contributed by atoms with Crippen LogP contribution in [0.25, 0.3) is 0 Å². The van der Waals surface area contributed by atoms with Crippen molar-refractivity contribution in [2.45, 2.75) is 18.9 Å². The normalized spacial score (nSPS) is 15.3. The van der Waals surface area contributed by atoms with Crippen molar-refractivity contribution in [1.29, 1.82) is 0 Å². The number of carbonyl (C=O) groups excluding carboxylic acids is 1. The van der Waals surface area contributed by atoms with E-state index in [0.717, 1.165) is 21.2 Å². The van der Waals surface area contributed by atoms with Gasteiger partial charge in [0.15, 0.2) is 23.0 Å². The largest absolute Gasteiger partial charge is 0.493 e. The van der Waals surface area contributed by atoms with Crippen LogP contribution in [0.5, 0.6) is 23.0 Å². The molecule has 0 radical (unpaired) electrons. The summed E-state index contributed by atoms with van der Waals surface area (Å²) in [5.41, 5.74) is 3.11. The van der Waals surface area contributed by atoms with Gasteiger partial charge in [0.25, 0.3) is 0 Å². The van der Waals surface area contributed by atoms with Crippen LogP contribution in [0, 0.1) is 0 Å². The zero-order valence-corrected chi connectivity index (χ0v) is 19.4. The lowest BCUT2D eigenvalue weighted by Crippen LogP contribution is -2.41. The van der Waals surface area contributed by atoms with Gasteiger partial charge in [-0.3, -0.25) is 0 Å². The standard InChI is InChI=1S/C22H26BrNO6/c1-26-17-7-6-14(20(23)21(17)29-4)10-16-15-12-19(28-3)18(27-2)11-13(15)8-9-24(16)22(25)30-5/h6-7,11-12,16H,8-10H2,1-5H3. The molecule has 1 atom stereocenters. The molecule has 162 valence electrons. The van der Waals surface area contributed by atoms with E-state index < -0.39 is 0 Å². The van der Waals surface area contributed by atoms with Gasteiger partial charge in [0, 0.05) is 6.54 Å². The highest BCUT2D eigenvalue weighted by molar-refractivity contribution is 9.10. The van der Waals surface area contributed by atoms with Gasteiger partial charge in [-0.15, -0.1) is 0 Å². The van der Waals surface area contributed by atoms with Gasteiger partial charge in [-0.2, -0.15) is 0 Å². The Hall–Kier alpha value is -2.61. The molecule has 1 aliphatic rings. The maximum atomic E-state index is 12.6. The van der Waals surface area contributed by atoms with E-state index in [0.29, 0.717) is 42.4 Å². The van der Waals surface area contributed by atoms with E-state index in [4.69, 9.17) is 23.7 Å². The Labute approximate surface area is 184 Å². The zero-order valence-electron chi connectivity index (χ0n) is 17.8. The summed E-state index contributed by atoms with van der Waals surface area (Å²) in [7, 11) is 7.81. The summed E-state index contributed by atoms with van der Waals surface area (Å²) in [6.07, 6.45) is 0.893. The fraction of sp³-hybridized carbons (Fsp3) is 0.409. The van der Waals surface area contributed by atoms with E-state index in [1.54, 1.807) is 33.3 Å². The third-order valence-electron chi connectivity index (χ3n) is 5.39. The molecule has 0 N–H and O–H groups in total. The molecule has 1 unspecified atom stereocenters. The quantitative estimate of drug-likeness (QED) is 0.611. The van der Waals surface area contributed by atoms with Crippen molar-refractivity contribution in [3.8, 4) is 23.0 Å². The van der Waals surface area contributed by atoms with E-state index in [9.17, 15) is 4.79 Å². The minimum absolute atomic E-state index is 0.240. The number of hydrogen-bond acceptors (Lipinski definition) is 6. The Morgan fingerprint density at radius 2 is 1.67 bits per heavy atom.